The number of hydrogen-bond acceptors (Lipinski definition) is 6. The van der Waals surface area contributed by atoms with E-state index in [1.807, 2.05) is 19.1 Å². The molecule has 0 unspecified atom stereocenters. The number of thioether (sulfide) groups is 1. The number of H-pyrrole nitrogens is 2. The average Bonchev–Trinajstić information content (AvgIpc) is 3.08. The Hall–Kier alpha value is -2.68. The molecule has 0 aliphatic carbocycles. The first-order valence-electron chi connectivity index (χ1n) is 7.44. The van der Waals surface area contributed by atoms with Crippen molar-refractivity contribution in [1.82, 2.24) is 30.7 Å². The van der Waals surface area contributed by atoms with Crippen LogP contribution in [0.15, 0.2) is 34.2 Å². The molecule has 0 bridgehead atoms. The summed E-state index contributed by atoms with van der Waals surface area (Å²) in [5.74, 6) is 0.851. The molecule has 2 aromatic heterocycles. The number of fused-ring (bicyclic) bond motifs is 1. The predicted octanol–water partition coefficient (Wildman–Crippen LogP) is 1.01. The SMILES string of the molecule is CCc1nc(SCC(=O)NCc2n[nH]c(=O)c3ccccc23)n[nH]1. The van der Waals surface area contributed by atoms with E-state index < -0.39 is 0 Å². The van der Waals surface area contributed by atoms with Gasteiger partial charge in [-0.15, -0.1) is 5.10 Å². The van der Waals surface area contributed by atoms with E-state index in [0.29, 0.717) is 16.2 Å². The van der Waals surface area contributed by atoms with E-state index in [4.69, 9.17) is 0 Å². The first-order chi connectivity index (χ1) is 11.7. The topological polar surface area (TPSA) is 116 Å². The van der Waals surface area contributed by atoms with Crippen LogP contribution in [0.25, 0.3) is 10.8 Å². The standard InChI is InChI=1S/C15H16N6O2S/c1-2-12-17-15(21-19-12)24-8-13(22)16-7-11-9-5-3-4-6-10(9)14(23)20-18-11/h3-6H,2,7-8H2,1H3,(H,16,22)(H,20,23)(H,17,19,21). The number of rotatable bonds is 6. The first kappa shape index (κ1) is 16.2. The highest BCUT2D eigenvalue weighted by atomic mass is 32.2. The molecule has 0 saturated carbocycles. The van der Waals surface area contributed by atoms with Crippen molar-refractivity contribution in [3.63, 3.8) is 0 Å². The van der Waals surface area contributed by atoms with Gasteiger partial charge in [0.25, 0.3) is 5.56 Å². The van der Waals surface area contributed by atoms with Crippen LogP contribution in [-0.4, -0.2) is 37.0 Å². The molecular formula is C15H16N6O2S. The van der Waals surface area contributed by atoms with Gasteiger partial charge in [-0.1, -0.05) is 36.9 Å². The summed E-state index contributed by atoms with van der Waals surface area (Å²) < 4.78 is 0. The minimum Gasteiger partial charge on any atom is -0.350 e. The van der Waals surface area contributed by atoms with E-state index in [0.717, 1.165) is 17.6 Å². The summed E-state index contributed by atoms with van der Waals surface area (Å²) in [6.45, 7) is 2.22. The fourth-order valence-corrected chi connectivity index (χ4v) is 2.82. The van der Waals surface area contributed by atoms with Gasteiger partial charge >= 0.3 is 0 Å². The van der Waals surface area contributed by atoms with Crippen molar-refractivity contribution in [2.75, 3.05) is 5.75 Å². The summed E-state index contributed by atoms with van der Waals surface area (Å²) in [4.78, 5) is 27.9. The smallest absolute Gasteiger partial charge is 0.272 e. The Morgan fingerprint density at radius 3 is 2.75 bits per heavy atom. The largest absolute Gasteiger partial charge is 0.350 e. The second-order valence-corrected chi connectivity index (χ2v) is 5.97. The summed E-state index contributed by atoms with van der Waals surface area (Å²) in [6.07, 6.45) is 0.769. The van der Waals surface area contributed by atoms with E-state index in [2.05, 4.69) is 30.7 Å². The third kappa shape index (κ3) is 3.62. The molecular weight excluding hydrogens is 328 g/mol. The Balaban J connectivity index is 1.60. The van der Waals surface area contributed by atoms with Crippen molar-refractivity contribution in [2.24, 2.45) is 0 Å². The van der Waals surface area contributed by atoms with Crippen molar-refractivity contribution in [3.05, 3.63) is 46.1 Å². The molecule has 3 N–H and O–H groups in total. The Kier molecular flexibility index (Phi) is 4.90. The van der Waals surface area contributed by atoms with E-state index in [-0.39, 0.29) is 23.8 Å². The molecule has 0 aliphatic rings. The minimum absolute atomic E-state index is 0.153. The summed E-state index contributed by atoms with van der Waals surface area (Å²) in [5.41, 5.74) is 0.377. The van der Waals surface area contributed by atoms with E-state index in [9.17, 15) is 9.59 Å². The normalized spacial score (nSPS) is 10.9. The zero-order chi connectivity index (χ0) is 16.9. The highest BCUT2D eigenvalue weighted by molar-refractivity contribution is 7.99. The zero-order valence-corrected chi connectivity index (χ0v) is 13.8. The van der Waals surface area contributed by atoms with Crippen molar-refractivity contribution in [2.45, 2.75) is 25.0 Å². The number of benzene rings is 1. The van der Waals surface area contributed by atoms with E-state index >= 15 is 0 Å². The van der Waals surface area contributed by atoms with Crippen LogP contribution >= 0.6 is 11.8 Å². The van der Waals surface area contributed by atoms with Gasteiger partial charge in [-0.3, -0.25) is 14.7 Å². The van der Waals surface area contributed by atoms with Gasteiger partial charge in [0.1, 0.15) is 5.82 Å². The first-order valence-corrected chi connectivity index (χ1v) is 8.43. The number of aromatic amines is 2. The predicted molar refractivity (Wildman–Crippen MR) is 90.7 cm³/mol. The van der Waals surface area contributed by atoms with Gasteiger partial charge < -0.3 is 5.32 Å². The highest BCUT2D eigenvalue weighted by Crippen LogP contribution is 2.13. The maximum atomic E-state index is 12.0. The van der Waals surface area contributed by atoms with Crippen molar-refractivity contribution in [1.29, 1.82) is 0 Å². The highest BCUT2D eigenvalue weighted by Gasteiger charge is 2.09. The number of nitrogens with one attached hydrogen (secondary N) is 3. The van der Waals surface area contributed by atoms with Crippen LogP contribution in [0.4, 0.5) is 0 Å². The van der Waals surface area contributed by atoms with Crippen LogP contribution in [0.3, 0.4) is 0 Å². The molecule has 0 atom stereocenters. The number of aryl methyl sites for hydroxylation is 1. The molecule has 3 rings (SSSR count). The minimum atomic E-state index is -0.243. The van der Waals surface area contributed by atoms with E-state index in [1.54, 1.807) is 12.1 Å². The molecule has 8 nitrogen and oxygen atoms in total. The molecule has 0 saturated heterocycles. The van der Waals surface area contributed by atoms with Crippen molar-refractivity contribution < 1.29 is 4.79 Å². The van der Waals surface area contributed by atoms with Gasteiger partial charge in [-0.2, -0.15) is 5.10 Å². The maximum absolute atomic E-state index is 12.0. The molecule has 24 heavy (non-hydrogen) atoms. The third-order valence-electron chi connectivity index (χ3n) is 3.41. The Bertz CT molecular complexity index is 919. The van der Waals surface area contributed by atoms with Crippen LogP contribution in [0, 0.1) is 0 Å². The molecule has 1 aromatic carbocycles. The Morgan fingerprint density at radius 2 is 2.00 bits per heavy atom. The number of aromatic nitrogens is 5. The van der Waals surface area contributed by atoms with Crippen LogP contribution in [-0.2, 0) is 17.8 Å². The fourth-order valence-electron chi connectivity index (χ4n) is 2.17. The number of carbonyl (C=O) groups excluding carboxylic acids is 1. The van der Waals surface area contributed by atoms with Crippen molar-refractivity contribution >= 4 is 28.4 Å². The molecule has 124 valence electrons. The monoisotopic (exact) mass is 344 g/mol. The van der Waals surface area contributed by atoms with Gasteiger partial charge in [0.05, 0.1) is 23.4 Å². The molecule has 0 fully saturated rings. The average molecular weight is 344 g/mol. The van der Waals surface area contributed by atoms with Crippen LogP contribution in [0.2, 0.25) is 0 Å². The van der Waals surface area contributed by atoms with Crippen LogP contribution in [0.1, 0.15) is 18.4 Å². The molecule has 1 amide bonds. The maximum Gasteiger partial charge on any atom is 0.272 e. The quantitative estimate of drug-likeness (QED) is 0.575. The van der Waals surface area contributed by atoms with Crippen LogP contribution < -0.4 is 10.9 Å². The fraction of sp³-hybridized carbons (Fsp3) is 0.267. The third-order valence-corrected chi connectivity index (χ3v) is 4.25. The number of carbonyl (C=O) groups is 1. The number of nitrogens with zero attached hydrogens (tertiary/aromatic N) is 3. The molecule has 0 spiro atoms. The summed E-state index contributed by atoms with van der Waals surface area (Å²) in [5, 5.41) is 17.9. The molecule has 0 radical (unpaired) electrons. The Labute approximate surface area is 141 Å². The van der Waals surface area contributed by atoms with E-state index in [1.165, 1.54) is 11.8 Å². The lowest BCUT2D eigenvalue weighted by molar-refractivity contribution is -0.118. The van der Waals surface area contributed by atoms with Gasteiger partial charge in [-0.05, 0) is 6.07 Å². The van der Waals surface area contributed by atoms with Gasteiger partial charge in [0.2, 0.25) is 11.1 Å². The molecule has 9 heteroatoms. The second kappa shape index (κ2) is 7.26. The number of hydrogen-bond donors (Lipinski definition) is 3. The second-order valence-electron chi connectivity index (χ2n) is 5.03. The summed E-state index contributed by atoms with van der Waals surface area (Å²) in [7, 11) is 0. The van der Waals surface area contributed by atoms with Gasteiger partial charge in [0, 0.05) is 11.8 Å². The number of amides is 1. The van der Waals surface area contributed by atoms with Crippen LogP contribution in [0.5, 0.6) is 0 Å². The molecule has 2 heterocycles. The zero-order valence-electron chi connectivity index (χ0n) is 13.0. The lowest BCUT2D eigenvalue weighted by Crippen LogP contribution is -2.26. The molecule has 0 aliphatic heterocycles. The molecule has 3 aromatic rings. The Morgan fingerprint density at radius 1 is 1.21 bits per heavy atom. The lowest BCUT2D eigenvalue weighted by Gasteiger charge is -2.06. The lowest BCUT2D eigenvalue weighted by atomic mass is 10.1. The van der Waals surface area contributed by atoms with Gasteiger partial charge in [-0.25, -0.2) is 10.1 Å². The van der Waals surface area contributed by atoms with Crippen molar-refractivity contribution in [3.8, 4) is 0 Å². The van der Waals surface area contributed by atoms with Gasteiger partial charge in [0.15, 0.2) is 0 Å². The summed E-state index contributed by atoms with van der Waals surface area (Å²) in [6, 6.07) is 7.16. The summed E-state index contributed by atoms with van der Waals surface area (Å²) >= 11 is 1.26.